The summed E-state index contributed by atoms with van der Waals surface area (Å²) < 4.78 is 5.90. The normalized spacial score (nSPS) is 13.0. The first-order valence-corrected chi connectivity index (χ1v) is 8.19. The fourth-order valence-electron chi connectivity index (χ4n) is 2.35. The van der Waals surface area contributed by atoms with Crippen LogP contribution >= 0.6 is 12.2 Å². The Balaban J connectivity index is 3.01. The molecule has 2 N–H and O–H groups in total. The van der Waals surface area contributed by atoms with Crippen LogP contribution in [0.15, 0.2) is 18.2 Å². The lowest BCUT2D eigenvalue weighted by molar-refractivity contribution is 0.312. The minimum atomic E-state index is 0.143. The van der Waals surface area contributed by atoms with Crippen molar-refractivity contribution in [2.45, 2.75) is 59.3 Å². The van der Waals surface area contributed by atoms with Crippen LogP contribution < -0.4 is 10.5 Å². The van der Waals surface area contributed by atoms with Gasteiger partial charge in [-0.15, -0.1) is 0 Å². The van der Waals surface area contributed by atoms with Crippen LogP contribution in [0.2, 0.25) is 0 Å². The number of rotatable bonds is 7. The Bertz CT molecular complexity index is 477. The summed E-state index contributed by atoms with van der Waals surface area (Å²) in [5, 5.41) is 0. The number of nitrogens with two attached hydrogens (primary N) is 1. The first-order valence-electron chi connectivity index (χ1n) is 7.78. The van der Waals surface area contributed by atoms with Gasteiger partial charge in [-0.1, -0.05) is 59.0 Å². The number of hydrogen-bond acceptors (Lipinski definition) is 2. The Morgan fingerprint density at radius 3 is 2.52 bits per heavy atom. The van der Waals surface area contributed by atoms with E-state index in [9.17, 15) is 0 Å². The average Bonchev–Trinajstić information content (AvgIpc) is 2.35. The lowest BCUT2D eigenvalue weighted by atomic mass is 9.84. The van der Waals surface area contributed by atoms with E-state index in [1.165, 1.54) is 11.1 Å². The number of hydrogen-bond donors (Lipinski definition) is 1. The van der Waals surface area contributed by atoms with E-state index >= 15 is 0 Å². The van der Waals surface area contributed by atoms with E-state index in [1.54, 1.807) is 0 Å². The molecule has 1 aromatic carbocycles. The van der Waals surface area contributed by atoms with Crippen molar-refractivity contribution in [3.05, 3.63) is 29.3 Å². The second-order valence-electron chi connectivity index (χ2n) is 6.90. The van der Waals surface area contributed by atoms with Crippen LogP contribution in [0.4, 0.5) is 0 Å². The third-order valence-corrected chi connectivity index (χ3v) is 3.67. The van der Waals surface area contributed by atoms with Crippen LogP contribution in [0, 0.1) is 5.92 Å². The molecule has 0 aliphatic heterocycles. The molecular weight excluding hydrogens is 278 g/mol. The highest BCUT2D eigenvalue weighted by Gasteiger charge is 2.17. The van der Waals surface area contributed by atoms with Gasteiger partial charge in [-0.25, -0.2) is 0 Å². The fourth-order valence-corrected chi connectivity index (χ4v) is 2.63. The van der Waals surface area contributed by atoms with Gasteiger partial charge in [-0.05, 0) is 41.4 Å². The molecule has 0 saturated carbocycles. The van der Waals surface area contributed by atoms with E-state index in [4.69, 9.17) is 22.7 Å². The molecule has 0 bridgehead atoms. The second kappa shape index (κ2) is 7.79. The average molecular weight is 308 g/mol. The van der Waals surface area contributed by atoms with Crippen LogP contribution in [0.1, 0.15) is 58.6 Å². The third kappa shape index (κ3) is 6.04. The van der Waals surface area contributed by atoms with Gasteiger partial charge in [0, 0.05) is 6.42 Å². The van der Waals surface area contributed by atoms with E-state index in [0.29, 0.717) is 10.9 Å². The summed E-state index contributed by atoms with van der Waals surface area (Å²) in [5.74, 6) is 1.43. The van der Waals surface area contributed by atoms with Crippen LogP contribution in [0.5, 0.6) is 5.75 Å². The molecule has 3 heteroatoms. The smallest absolute Gasteiger partial charge is 0.122 e. The van der Waals surface area contributed by atoms with Crippen molar-refractivity contribution in [2.75, 3.05) is 6.61 Å². The van der Waals surface area contributed by atoms with Crippen molar-refractivity contribution in [3.63, 3.8) is 0 Å². The van der Waals surface area contributed by atoms with Crippen LogP contribution in [0.3, 0.4) is 0 Å². The summed E-state index contributed by atoms with van der Waals surface area (Å²) in [7, 11) is 0. The summed E-state index contributed by atoms with van der Waals surface area (Å²) in [6.45, 7) is 11.8. The maximum atomic E-state index is 5.90. The molecule has 1 aromatic rings. The molecule has 1 atom stereocenters. The van der Waals surface area contributed by atoms with Crippen molar-refractivity contribution in [2.24, 2.45) is 11.7 Å². The Morgan fingerprint density at radius 2 is 2.00 bits per heavy atom. The zero-order valence-electron chi connectivity index (χ0n) is 14.0. The molecule has 0 aromatic heterocycles. The van der Waals surface area contributed by atoms with E-state index < -0.39 is 0 Å². The molecule has 0 saturated heterocycles. The Morgan fingerprint density at radius 1 is 1.33 bits per heavy atom. The van der Waals surface area contributed by atoms with Crippen molar-refractivity contribution in [1.29, 1.82) is 0 Å². The first-order chi connectivity index (χ1) is 9.74. The van der Waals surface area contributed by atoms with Gasteiger partial charge in [0.25, 0.3) is 0 Å². The molecule has 0 fully saturated rings. The van der Waals surface area contributed by atoms with Gasteiger partial charge >= 0.3 is 0 Å². The number of thiocarbonyl (C=S) groups is 1. The summed E-state index contributed by atoms with van der Waals surface area (Å²) in [5.41, 5.74) is 8.41. The van der Waals surface area contributed by atoms with Crippen molar-refractivity contribution >= 4 is 17.2 Å². The Labute approximate surface area is 135 Å². The van der Waals surface area contributed by atoms with Gasteiger partial charge in [0.2, 0.25) is 0 Å². The van der Waals surface area contributed by atoms with Crippen molar-refractivity contribution in [1.82, 2.24) is 0 Å². The highest BCUT2D eigenvalue weighted by Crippen LogP contribution is 2.30. The minimum Gasteiger partial charge on any atom is -0.493 e. The molecule has 1 rings (SSSR count). The molecule has 0 amide bonds. The monoisotopic (exact) mass is 307 g/mol. The molecule has 118 valence electrons. The van der Waals surface area contributed by atoms with Crippen LogP contribution in [-0.2, 0) is 11.8 Å². The van der Waals surface area contributed by atoms with E-state index in [-0.39, 0.29) is 5.41 Å². The number of benzene rings is 1. The highest BCUT2D eigenvalue weighted by atomic mass is 32.1. The van der Waals surface area contributed by atoms with Gasteiger partial charge in [0.15, 0.2) is 0 Å². The Kier molecular flexibility index (Phi) is 6.66. The lowest BCUT2D eigenvalue weighted by Gasteiger charge is -2.22. The molecule has 0 aliphatic rings. The fraction of sp³-hybridized carbons (Fsp3) is 0.611. The van der Waals surface area contributed by atoms with Gasteiger partial charge < -0.3 is 10.5 Å². The molecule has 0 spiro atoms. The molecule has 0 radical (unpaired) electrons. The molecule has 21 heavy (non-hydrogen) atoms. The van der Waals surface area contributed by atoms with Crippen molar-refractivity contribution in [3.8, 4) is 5.75 Å². The van der Waals surface area contributed by atoms with Crippen molar-refractivity contribution < 1.29 is 4.74 Å². The van der Waals surface area contributed by atoms with Gasteiger partial charge in [-0.2, -0.15) is 0 Å². The molecule has 0 heterocycles. The van der Waals surface area contributed by atoms with Gasteiger partial charge in [0.05, 0.1) is 11.6 Å². The maximum Gasteiger partial charge on any atom is 0.122 e. The second-order valence-corrected chi connectivity index (χ2v) is 7.43. The summed E-state index contributed by atoms with van der Waals surface area (Å²) in [6.07, 6.45) is 2.74. The van der Waals surface area contributed by atoms with Gasteiger partial charge in [-0.3, -0.25) is 0 Å². The first kappa shape index (κ1) is 18.0. The Hall–Kier alpha value is -1.09. The third-order valence-electron chi connectivity index (χ3n) is 3.51. The zero-order chi connectivity index (χ0) is 16.0. The highest BCUT2D eigenvalue weighted by molar-refractivity contribution is 7.80. The maximum absolute atomic E-state index is 5.90. The number of ether oxygens (including phenoxy) is 1. The largest absolute Gasteiger partial charge is 0.493 e. The van der Waals surface area contributed by atoms with Crippen LogP contribution in [-0.4, -0.2) is 11.6 Å². The summed E-state index contributed by atoms with van der Waals surface area (Å²) >= 11 is 5.02. The molecular formula is C18H29NOS. The predicted octanol–water partition coefficient (Wildman–Crippen LogP) is 4.63. The SMILES string of the molecule is CCCOc1ccc(C(C)(C)C)cc1CC(C)CC(N)=S. The molecule has 0 aliphatic carbocycles. The minimum absolute atomic E-state index is 0.143. The molecule has 1 unspecified atom stereocenters. The van der Waals surface area contributed by atoms with Crippen LogP contribution in [0.25, 0.3) is 0 Å². The van der Waals surface area contributed by atoms with E-state index in [2.05, 4.69) is 52.8 Å². The predicted molar refractivity (Wildman–Crippen MR) is 95.2 cm³/mol. The topological polar surface area (TPSA) is 35.2 Å². The quantitative estimate of drug-likeness (QED) is 0.746. The zero-order valence-corrected chi connectivity index (χ0v) is 14.8. The van der Waals surface area contributed by atoms with E-state index in [0.717, 1.165) is 31.6 Å². The summed E-state index contributed by atoms with van der Waals surface area (Å²) in [4.78, 5) is 0.588. The lowest BCUT2D eigenvalue weighted by Crippen LogP contribution is -2.16. The summed E-state index contributed by atoms with van der Waals surface area (Å²) in [6, 6.07) is 6.56. The van der Waals surface area contributed by atoms with E-state index in [1.807, 2.05) is 0 Å². The standard InChI is InChI=1S/C18H29NOS/c1-6-9-20-16-8-7-15(18(3,4)5)12-14(16)10-13(2)11-17(19)21/h7-8,12-13H,6,9-11H2,1-5H3,(H2,19,21). The van der Waals surface area contributed by atoms with Gasteiger partial charge in [0.1, 0.15) is 5.75 Å². The molecule has 2 nitrogen and oxygen atoms in total.